The number of anilines is 2. The summed E-state index contributed by atoms with van der Waals surface area (Å²) in [5, 5.41) is 105. The number of hydrogen-bond acceptors (Lipinski definition) is 18. The number of carbonyl (C=O) groups is 3. The van der Waals surface area contributed by atoms with Gasteiger partial charge in [0.2, 0.25) is 5.91 Å². The van der Waals surface area contributed by atoms with E-state index in [0.717, 1.165) is 17.1 Å². The van der Waals surface area contributed by atoms with E-state index in [1.807, 2.05) is 0 Å². The molecule has 11 N–H and O–H groups in total. The summed E-state index contributed by atoms with van der Waals surface area (Å²) in [4.78, 5) is 37.5. The van der Waals surface area contributed by atoms with Crippen molar-refractivity contribution in [3.05, 3.63) is 36.4 Å². The number of hydrogen-bond donors (Lipinski definition) is 11. The van der Waals surface area contributed by atoms with Crippen molar-refractivity contribution >= 4 is 29.1 Å². The number of aliphatic hydroxyl groups excluding tert-OH is 10. The molecule has 20 heteroatoms. The summed E-state index contributed by atoms with van der Waals surface area (Å²) < 4.78 is 27.2. The topological polar surface area (TPSA) is 315 Å². The summed E-state index contributed by atoms with van der Waals surface area (Å²) in [5.74, 6) is -1.79. The molecule has 0 spiro atoms. The van der Waals surface area contributed by atoms with Crippen LogP contribution >= 0.6 is 0 Å². The summed E-state index contributed by atoms with van der Waals surface area (Å²) in [6.45, 7) is -1.69. The first kappa shape index (κ1) is 37.2. The largest absolute Gasteiger partial charge is 0.394 e. The van der Waals surface area contributed by atoms with E-state index in [4.69, 9.17) is 23.7 Å². The standard InChI is InChI=1S/C29H38N2O18/c32-8-13-25(20(39)22(41)27(44)45-13)48-29-24(43)21(40)26(14(9-33)47-29)49-28-23(42)19(38)18(37)12(46-28)7-15(34)30-10-1-3-11(4-2-10)31-16(35)5-6-17(31)36/h1-6,12-14,18-29,32-33,37-44H,7-9H2,(H,30,34)/t12?,13?,14?,18-,19+,20-,21-,22?,23?,24?,25-,26-,27?,28+,29+/m1/s1. The van der Waals surface area contributed by atoms with Gasteiger partial charge in [0.1, 0.15) is 67.1 Å². The predicted octanol–water partition coefficient (Wildman–Crippen LogP) is -6.11. The van der Waals surface area contributed by atoms with Crippen molar-refractivity contribution in [3.8, 4) is 0 Å². The molecule has 1 aromatic rings. The van der Waals surface area contributed by atoms with Gasteiger partial charge >= 0.3 is 0 Å². The van der Waals surface area contributed by atoms with Gasteiger partial charge in [-0.2, -0.15) is 0 Å². The van der Waals surface area contributed by atoms with Gasteiger partial charge < -0.3 is 80.1 Å². The highest BCUT2D eigenvalue weighted by Gasteiger charge is 2.53. The van der Waals surface area contributed by atoms with Gasteiger partial charge in [0, 0.05) is 17.8 Å². The van der Waals surface area contributed by atoms with Gasteiger partial charge in [-0.3, -0.25) is 14.4 Å². The normalized spacial score (nSPS) is 41.3. The highest BCUT2D eigenvalue weighted by Crippen LogP contribution is 2.33. The number of ether oxygens (including phenoxy) is 5. The molecule has 272 valence electrons. The Labute approximate surface area is 276 Å². The molecule has 4 heterocycles. The molecule has 0 bridgehead atoms. The maximum atomic E-state index is 12.8. The second-order valence-electron chi connectivity index (χ2n) is 11.8. The number of carbonyl (C=O) groups excluding carboxylic acids is 3. The summed E-state index contributed by atoms with van der Waals surface area (Å²) in [5.41, 5.74) is 0.495. The third kappa shape index (κ3) is 7.68. The minimum atomic E-state index is -1.99. The molecule has 3 amide bonds. The van der Waals surface area contributed by atoms with Crippen LogP contribution in [0.4, 0.5) is 11.4 Å². The molecule has 0 radical (unpaired) electrons. The third-order valence-corrected chi connectivity index (χ3v) is 8.52. The van der Waals surface area contributed by atoms with E-state index in [9.17, 15) is 65.4 Å². The second kappa shape index (κ2) is 15.5. The summed E-state index contributed by atoms with van der Waals surface area (Å²) in [6.07, 6.45) is -25.0. The fraction of sp³-hybridized carbons (Fsp3) is 0.621. The van der Waals surface area contributed by atoms with Gasteiger partial charge in [0.25, 0.3) is 11.8 Å². The van der Waals surface area contributed by atoms with E-state index >= 15 is 0 Å². The zero-order valence-corrected chi connectivity index (χ0v) is 25.4. The van der Waals surface area contributed by atoms with Gasteiger partial charge in [-0.15, -0.1) is 0 Å². The Kier molecular flexibility index (Phi) is 11.8. The molecule has 4 aliphatic heterocycles. The van der Waals surface area contributed by atoms with Crippen LogP contribution in [0.3, 0.4) is 0 Å². The maximum absolute atomic E-state index is 12.8. The number of aliphatic hydroxyl groups is 10. The van der Waals surface area contributed by atoms with Crippen LogP contribution in [0.1, 0.15) is 6.42 Å². The highest BCUT2D eigenvalue weighted by molar-refractivity contribution is 6.28. The molecule has 3 fully saturated rings. The predicted molar refractivity (Wildman–Crippen MR) is 155 cm³/mol. The third-order valence-electron chi connectivity index (χ3n) is 8.52. The zero-order valence-electron chi connectivity index (χ0n) is 25.4. The number of nitrogens with one attached hydrogen (secondary N) is 1. The van der Waals surface area contributed by atoms with Crippen molar-refractivity contribution in [1.82, 2.24) is 0 Å². The van der Waals surface area contributed by atoms with E-state index in [-0.39, 0.29) is 11.4 Å². The Hall–Kier alpha value is -3.03. The summed E-state index contributed by atoms with van der Waals surface area (Å²) >= 11 is 0. The van der Waals surface area contributed by atoms with Gasteiger partial charge in [0.15, 0.2) is 18.9 Å². The van der Waals surface area contributed by atoms with Crippen molar-refractivity contribution < 1.29 is 89.1 Å². The first-order chi connectivity index (χ1) is 23.2. The summed E-state index contributed by atoms with van der Waals surface area (Å²) in [6, 6.07) is 5.65. The van der Waals surface area contributed by atoms with Crippen LogP contribution < -0.4 is 10.2 Å². The smallest absolute Gasteiger partial charge is 0.258 e. The lowest BCUT2D eigenvalue weighted by Crippen LogP contribution is -2.66. The Morgan fingerprint density at radius 1 is 0.653 bits per heavy atom. The van der Waals surface area contributed by atoms with Gasteiger partial charge in [-0.1, -0.05) is 0 Å². The SMILES string of the molecule is O=C(CC1O[C@@H](O[C@@H]2C(CO)O[C@@H](O[C@@H]3C(CO)OC(O)C(O)[C@H]3O)C(O)[C@H]2O)C(O)[C@@H](O)[C@@H]1O)Nc1ccc(N2C(=O)C=CC2=O)cc1. The zero-order chi connectivity index (χ0) is 35.7. The Morgan fingerprint density at radius 3 is 1.69 bits per heavy atom. The molecule has 20 nitrogen and oxygen atoms in total. The first-order valence-corrected chi connectivity index (χ1v) is 15.1. The molecule has 49 heavy (non-hydrogen) atoms. The molecule has 1 aromatic carbocycles. The molecule has 5 rings (SSSR count). The van der Waals surface area contributed by atoms with Crippen LogP contribution in [0.15, 0.2) is 36.4 Å². The van der Waals surface area contributed by atoms with Crippen LogP contribution in [-0.2, 0) is 38.1 Å². The van der Waals surface area contributed by atoms with Crippen molar-refractivity contribution in [1.29, 1.82) is 0 Å². The summed E-state index contributed by atoms with van der Waals surface area (Å²) in [7, 11) is 0. The highest BCUT2D eigenvalue weighted by atomic mass is 16.8. The van der Waals surface area contributed by atoms with E-state index in [0.29, 0.717) is 0 Å². The van der Waals surface area contributed by atoms with Gasteiger partial charge in [0.05, 0.1) is 31.4 Å². The number of imide groups is 1. The van der Waals surface area contributed by atoms with Crippen molar-refractivity contribution in [3.63, 3.8) is 0 Å². The van der Waals surface area contributed by atoms with Gasteiger partial charge in [-0.05, 0) is 24.3 Å². The first-order valence-electron chi connectivity index (χ1n) is 15.1. The Balaban J connectivity index is 1.21. The van der Waals surface area contributed by atoms with E-state index < -0.39 is 129 Å². The van der Waals surface area contributed by atoms with Crippen LogP contribution in [0, 0.1) is 0 Å². The number of nitrogens with zero attached hydrogens (tertiary/aromatic N) is 1. The average Bonchev–Trinajstić information content (AvgIpc) is 3.42. The molecule has 0 saturated carbocycles. The molecular weight excluding hydrogens is 664 g/mol. The van der Waals surface area contributed by atoms with E-state index in [2.05, 4.69) is 5.32 Å². The van der Waals surface area contributed by atoms with Gasteiger partial charge in [-0.25, -0.2) is 4.90 Å². The molecule has 15 atom stereocenters. The Morgan fingerprint density at radius 2 is 1.14 bits per heavy atom. The molecule has 0 aliphatic carbocycles. The van der Waals surface area contributed by atoms with Crippen LogP contribution in [0.2, 0.25) is 0 Å². The van der Waals surface area contributed by atoms with Crippen molar-refractivity contribution in [2.75, 3.05) is 23.4 Å². The lowest BCUT2D eigenvalue weighted by Gasteiger charge is -2.47. The van der Waals surface area contributed by atoms with Crippen LogP contribution in [0.5, 0.6) is 0 Å². The molecule has 4 aliphatic rings. The molecule has 0 aromatic heterocycles. The van der Waals surface area contributed by atoms with Crippen molar-refractivity contribution in [2.45, 2.75) is 98.5 Å². The molecular formula is C29H38N2O18. The second-order valence-corrected chi connectivity index (χ2v) is 11.8. The average molecular weight is 703 g/mol. The maximum Gasteiger partial charge on any atom is 0.258 e. The minimum Gasteiger partial charge on any atom is -0.394 e. The minimum absolute atomic E-state index is 0.238. The van der Waals surface area contributed by atoms with Crippen molar-refractivity contribution in [2.24, 2.45) is 0 Å². The molecule has 7 unspecified atom stereocenters. The number of benzene rings is 1. The fourth-order valence-corrected chi connectivity index (χ4v) is 5.82. The lowest BCUT2D eigenvalue weighted by molar-refractivity contribution is -0.376. The number of amides is 3. The monoisotopic (exact) mass is 702 g/mol. The van der Waals surface area contributed by atoms with E-state index in [1.165, 1.54) is 24.3 Å². The fourth-order valence-electron chi connectivity index (χ4n) is 5.82. The van der Waals surface area contributed by atoms with E-state index in [1.54, 1.807) is 0 Å². The quantitative estimate of drug-likeness (QED) is 0.101. The van der Waals surface area contributed by atoms with Crippen LogP contribution in [0.25, 0.3) is 0 Å². The number of rotatable bonds is 10. The Bertz CT molecular complexity index is 1340. The van der Waals surface area contributed by atoms with Crippen LogP contribution in [-0.4, -0.2) is 174 Å². The lowest BCUT2D eigenvalue weighted by atomic mass is 9.95. The molecule has 3 saturated heterocycles.